The van der Waals surface area contributed by atoms with Crippen LogP contribution >= 0.6 is 0 Å². The maximum Gasteiger partial charge on any atom is 0.239 e. The quantitative estimate of drug-likeness (QED) is 0.741. The second kappa shape index (κ2) is 8.11. The van der Waals surface area contributed by atoms with Crippen molar-refractivity contribution >= 4 is 16.8 Å². The molecular weight excluding hydrogens is 322 g/mol. The van der Waals surface area contributed by atoms with E-state index in [9.17, 15) is 4.79 Å². The molecule has 0 saturated carbocycles. The number of nitrogens with one attached hydrogen (secondary N) is 1. The molecular formula is C22H25N3O. The molecule has 1 N–H and O–H groups in total. The van der Waals surface area contributed by atoms with Crippen LogP contribution in [0.15, 0.2) is 66.7 Å². The Labute approximate surface area is 154 Å². The Bertz CT molecular complexity index is 877. The van der Waals surface area contributed by atoms with Crippen LogP contribution in [0.3, 0.4) is 0 Å². The molecule has 0 spiro atoms. The van der Waals surface area contributed by atoms with Crippen LogP contribution in [-0.2, 0) is 11.2 Å². The number of carbonyl (C=O) groups excluding carboxylic acids is 1. The predicted molar refractivity (Wildman–Crippen MR) is 106 cm³/mol. The molecule has 0 aliphatic carbocycles. The molecule has 0 fully saturated rings. The average molecular weight is 347 g/mol. The van der Waals surface area contributed by atoms with Crippen LogP contribution in [0.5, 0.6) is 0 Å². The number of aromatic nitrogens is 1. The van der Waals surface area contributed by atoms with Gasteiger partial charge >= 0.3 is 0 Å². The summed E-state index contributed by atoms with van der Waals surface area (Å²) >= 11 is 0. The van der Waals surface area contributed by atoms with Crippen molar-refractivity contribution in [3.05, 3.63) is 78.0 Å². The lowest BCUT2D eigenvalue weighted by Gasteiger charge is -2.25. The number of hydrogen-bond donors (Lipinski definition) is 1. The molecule has 3 aromatic rings. The summed E-state index contributed by atoms with van der Waals surface area (Å²) in [7, 11) is 3.59. The maximum atomic E-state index is 12.7. The highest BCUT2D eigenvalue weighted by Gasteiger charge is 2.23. The van der Waals surface area contributed by atoms with Gasteiger partial charge in [-0.25, -0.2) is 0 Å². The Morgan fingerprint density at radius 3 is 2.42 bits per heavy atom. The van der Waals surface area contributed by atoms with Gasteiger partial charge < -0.3 is 4.90 Å². The van der Waals surface area contributed by atoms with E-state index in [2.05, 4.69) is 36.5 Å². The summed E-state index contributed by atoms with van der Waals surface area (Å²) in [6.07, 6.45) is 0.649. The average Bonchev–Trinajstić information content (AvgIpc) is 2.67. The Morgan fingerprint density at radius 2 is 1.69 bits per heavy atom. The van der Waals surface area contributed by atoms with E-state index in [4.69, 9.17) is 4.98 Å². The van der Waals surface area contributed by atoms with Gasteiger partial charge in [0.1, 0.15) is 0 Å². The third-order valence-corrected chi connectivity index (χ3v) is 4.54. The molecule has 4 nitrogen and oxygen atoms in total. The number of pyridine rings is 1. The van der Waals surface area contributed by atoms with Crippen molar-refractivity contribution in [1.82, 2.24) is 15.2 Å². The van der Waals surface area contributed by atoms with Crippen molar-refractivity contribution in [2.75, 3.05) is 14.1 Å². The molecule has 0 unspecified atom stereocenters. The van der Waals surface area contributed by atoms with E-state index >= 15 is 0 Å². The largest absolute Gasteiger partial charge is 0.347 e. The number of fused-ring (bicyclic) bond motifs is 1. The summed E-state index contributed by atoms with van der Waals surface area (Å²) in [6, 6.07) is 21.9. The minimum absolute atomic E-state index is 0.0304. The lowest BCUT2D eigenvalue weighted by molar-refractivity contribution is -0.131. The SMILES string of the molecule is C[C@H](N[C@H](Cc1ccccc1)C(=O)N(C)C)c1ccc2ccccc2n1. The fourth-order valence-corrected chi connectivity index (χ4v) is 3.09. The Hall–Kier alpha value is -2.72. The second-order valence-corrected chi connectivity index (χ2v) is 6.79. The monoisotopic (exact) mass is 347 g/mol. The summed E-state index contributed by atoms with van der Waals surface area (Å²) in [5, 5.41) is 4.59. The van der Waals surface area contributed by atoms with Crippen LogP contribution in [0.1, 0.15) is 24.2 Å². The zero-order valence-electron chi connectivity index (χ0n) is 15.5. The van der Waals surface area contributed by atoms with Gasteiger partial charge in [-0.05, 0) is 31.0 Å². The van der Waals surface area contributed by atoms with Crippen LogP contribution in [-0.4, -0.2) is 35.9 Å². The van der Waals surface area contributed by atoms with E-state index in [-0.39, 0.29) is 18.0 Å². The number of carbonyl (C=O) groups is 1. The summed E-state index contributed by atoms with van der Waals surface area (Å²) in [5.74, 6) is 0.0708. The first-order chi connectivity index (χ1) is 12.5. The van der Waals surface area contributed by atoms with Gasteiger partial charge in [0.15, 0.2) is 0 Å². The van der Waals surface area contributed by atoms with Crippen molar-refractivity contribution in [3.63, 3.8) is 0 Å². The molecule has 0 saturated heterocycles. The first kappa shape index (κ1) is 18.1. The predicted octanol–water partition coefficient (Wildman–Crippen LogP) is 3.58. The molecule has 0 aliphatic rings. The van der Waals surface area contributed by atoms with Crippen molar-refractivity contribution in [3.8, 4) is 0 Å². The van der Waals surface area contributed by atoms with E-state index in [1.165, 1.54) is 0 Å². The normalized spacial score (nSPS) is 13.3. The minimum atomic E-state index is -0.296. The van der Waals surface area contributed by atoms with E-state index < -0.39 is 0 Å². The second-order valence-electron chi connectivity index (χ2n) is 6.79. The zero-order valence-corrected chi connectivity index (χ0v) is 15.5. The van der Waals surface area contributed by atoms with Crippen LogP contribution in [0.25, 0.3) is 10.9 Å². The Morgan fingerprint density at radius 1 is 1.00 bits per heavy atom. The Balaban J connectivity index is 1.81. The zero-order chi connectivity index (χ0) is 18.5. The van der Waals surface area contributed by atoms with Gasteiger partial charge in [-0.2, -0.15) is 0 Å². The molecule has 0 aliphatic heterocycles. The van der Waals surface area contributed by atoms with Gasteiger partial charge in [0, 0.05) is 25.5 Å². The van der Waals surface area contributed by atoms with Gasteiger partial charge in [0.05, 0.1) is 17.3 Å². The molecule has 2 atom stereocenters. The molecule has 3 rings (SSSR count). The first-order valence-electron chi connectivity index (χ1n) is 8.91. The number of rotatable bonds is 6. The summed E-state index contributed by atoms with van der Waals surface area (Å²) in [6.45, 7) is 2.05. The first-order valence-corrected chi connectivity index (χ1v) is 8.91. The van der Waals surface area contributed by atoms with Gasteiger partial charge in [-0.1, -0.05) is 54.6 Å². The molecule has 0 radical (unpaired) electrons. The standard InChI is InChI=1S/C22H25N3O/c1-16(19-14-13-18-11-7-8-12-20(18)24-19)23-21(22(26)25(2)3)15-17-9-5-4-6-10-17/h4-14,16,21,23H,15H2,1-3H3/t16-,21+/m0/s1. The third kappa shape index (κ3) is 4.27. The van der Waals surface area contributed by atoms with Gasteiger partial charge in [-0.3, -0.25) is 15.1 Å². The topological polar surface area (TPSA) is 45.2 Å². The number of amides is 1. The molecule has 26 heavy (non-hydrogen) atoms. The van der Waals surface area contributed by atoms with Crippen molar-refractivity contribution in [2.24, 2.45) is 0 Å². The number of likely N-dealkylation sites (N-methyl/N-ethyl adjacent to an activating group) is 1. The van der Waals surface area contributed by atoms with E-state index in [1.54, 1.807) is 19.0 Å². The molecule has 2 aromatic carbocycles. The lowest BCUT2D eigenvalue weighted by Crippen LogP contribution is -2.46. The number of para-hydroxylation sites is 1. The fraction of sp³-hybridized carbons (Fsp3) is 0.273. The highest BCUT2D eigenvalue weighted by molar-refractivity contribution is 5.82. The fourth-order valence-electron chi connectivity index (χ4n) is 3.09. The smallest absolute Gasteiger partial charge is 0.239 e. The van der Waals surface area contributed by atoms with Crippen LogP contribution in [0.2, 0.25) is 0 Å². The summed E-state index contributed by atoms with van der Waals surface area (Å²) in [5.41, 5.74) is 3.05. The molecule has 1 heterocycles. The van der Waals surface area contributed by atoms with Crippen molar-refractivity contribution in [1.29, 1.82) is 0 Å². The van der Waals surface area contributed by atoms with E-state index in [1.807, 2.05) is 42.5 Å². The highest BCUT2D eigenvalue weighted by Crippen LogP contribution is 2.18. The highest BCUT2D eigenvalue weighted by atomic mass is 16.2. The number of benzene rings is 2. The molecule has 1 amide bonds. The van der Waals surface area contributed by atoms with E-state index in [0.29, 0.717) is 6.42 Å². The molecule has 134 valence electrons. The van der Waals surface area contributed by atoms with E-state index in [0.717, 1.165) is 22.2 Å². The van der Waals surface area contributed by atoms with Crippen molar-refractivity contribution < 1.29 is 4.79 Å². The van der Waals surface area contributed by atoms with Crippen molar-refractivity contribution in [2.45, 2.75) is 25.4 Å². The minimum Gasteiger partial charge on any atom is -0.347 e. The van der Waals surface area contributed by atoms with Crippen LogP contribution in [0.4, 0.5) is 0 Å². The number of hydrogen-bond acceptors (Lipinski definition) is 3. The number of nitrogens with zero attached hydrogens (tertiary/aromatic N) is 2. The maximum absolute atomic E-state index is 12.7. The van der Waals surface area contributed by atoms with Gasteiger partial charge in [0.2, 0.25) is 5.91 Å². The van der Waals surface area contributed by atoms with Crippen LogP contribution in [0, 0.1) is 0 Å². The van der Waals surface area contributed by atoms with Gasteiger partial charge in [0.25, 0.3) is 0 Å². The molecule has 4 heteroatoms. The summed E-state index contributed by atoms with van der Waals surface area (Å²) in [4.78, 5) is 19.1. The lowest BCUT2D eigenvalue weighted by atomic mass is 10.0. The third-order valence-electron chi connectivity index (χ3n) is 4.54. The van der Waals surface area contributed by atoms with Gasteiger partial charge in [-0.15, -0.1) is 0 Å². The molecule has 0 bridgehead atoms. The van der Waals surface area contributed by atoms with Crippen LogP contribution < -0.4 is 5.32 Å². The Kier molecular flexibility index (Phi) is 5.64. The molecule has 1 aromatic heterocycles. The summed E-state index contributed by atoms with van der Waals surface area (Å²) < 4.78 is 0.